The van der Waals surface area contributed by atoms with E-state index in [-0.39, 0.29) is 26.2 Å². The van der Waals surface area contributed by atoms with Crippen molar-refractivity contribution in [1.29, 1.82) is 0 Å². The predicted molar refractivity (Wildman–Crippen MR) is 77.7 cm³/mol. The second-order valence-corrected chi connectivity index (χ2v) is 3.56. The van der Waals surface area contributed by atoms with E-state index in [1.807, 2.05) is 13.8 Å². The Morgan fingerprint density at radius 2 is 1.39 bits per heavy atom. The normalized spacial score (nSPS) is 12.1. The average molecular weight is 332 g/mol. The van der Waals surface area contributed by atoms with E-state index in [0.29, 0.717) is 12.5 Å². The molecule has 0 aromatic heterocycles. The first kappa shape index (κ1) is 23.3. The molecule has 0 unspecified atom stereocenters. The first-order chi connectivity index (χ1) is 8.26. The number of hydrogen-bond donors (Lipinski definition) is 1. The Bertz CT molecular complexity index is 165. The zero-order chi connectivity index (χ0) is 13.4. The maximum Gasteiger partial charge on any atom is 2.00 e. The van der Waals surface area contributed by atoms with E-state index in [1.54, 1.807) is 14.1 Å². The van der Waals surface area contributed by atoms with E-state index >= 15 is 0 Å². The van der Waals surface area contributed by atoms with Crippen LogP contribution in [0, 0.1) is 5.92 Å². The van der Waals surface area contributed by atoms with Crippen molar-refractivity contribution < 1.29 is 31.3 Å². The van der Waals surface area contributed by atoms with Crippen LogP contribution in [0.4, 0.5) is 0 Å². The van der Waals surface area contributed by atoms with E-state index in [9.17, 15) is 0 Å². The first-order valence-corrected chi connectivity index (χ1v) is 6.33. The topological polar surface area (TPSA) is 48.4 Å². The van der Waals surface area contributed by atoms with Gasteiger partial charge in [0.1, 0.15) is 0 Å². The molecule has 1 rings (SSSR count). The molecule has 0 aromatic carbocycles. The van der Waals surface area contributed by atoms with Crippen molar-refractivity contribution in [3.8, 4) is 0 Å². The van der Waals surface area contributed by atoms with Crippen molar-refractivity contribution in [1.82, 2.24) is 0 Å². The van der Waals surface area contributed by atoms with Crippen LogP contribution in [0.3, 0.4) is 0 Å². The summed E-state index contributed by atoms with van der Waals surface area (Å²) in [6.07, 6.45) is 10.4. The third-order valence-corrected chi connectivity index (χ3v) is 2.16. The number of aliphatic hydroxyl groups excluding tert-OH is 1. The molecule has 0 bridgehead atoms. The summed E-state index contributed by atoms with van der Waals surface area (Å²) in [6, 6.07) is 0. The quantitative estimate of drug-likeness (QED) is 0.823. The van der Waals surface area contributed by atoms with E-state index in [4.69, 9.17) is 5.11 Å². The number of allylic oxidation sites excluding steroid dienone is 4. The van der Waals surface area contributed by atoms with Crippen LogP contribution in [0.25, 0.3) is 10.6 Å². The van der Waals surface area contributed by atoms with Crippen LogP contribution in [0.1, 0.15) is 26.7 Å². The Labute approximate surface area is 132 Å². The maximum absolute atomic E-state index is 8.48. The van der Waals surface area contributed by atoms with Crippen molar-refractivity contribution in [2.75, 3.05) is 33.8 Å². The number of nitrogens with zero attached hydrogens (tertiary/aromatic N) is 2. The fourth-order valence-electron chi connectivity index (χ4n) is 0.997. The van der Waals surface area contributed by atoms with Gasteiger partial charge in [-0.1, -0.05) is 38.2 Å². The van der Waals surface area contributed by atoms with Gasteiger partial charge in [-0.3, -0.25) is 0 Å². The van der Waals surface area contributed by atoms with Gasteiger partial charge in [0, 0.05) is 6.61 Å². The number of hydrogen-bond acceptors (Lipinski definition) is 1. The zero-order valence-corrected chi connectivity index (χ0v) is 14.7. The summed E-state index contributed by atoms with van der Waals surface area (Å²) in [6.45, 7) is 6.23. The van der Waals surface area contributed by atoms with Crippen LogP contribution < -0.4 is 0 Å². The summed E-state index contributed by atoms with van der Waals surface area (Å²) in [5.41, 5.74) is 0. The average Bonchev–Trinajstić information content (AvgIpc) is 2.90. The van der Waals surface area contributed by atoms with Crippen LogP contribution in [0.2, 0.25) is 0 Å². The van der Waals surface area contributed by atoms with Gasteiger partial charge in [0.2, 0.25) is 0 Å². The molecule has 18 heavy (non-hydrogen) atoms. The summed E-state index contributed by atoms with van der Waals surface area (Å²) in [5, 5.41) is 16.0. The summed E-state index contributed by atoms with van der Waals surface area (Å²) in [4.78, 5) is 0. The number of rotatable bonds is 5. The molecule has 0 saturated carbocycles. The third kappa shape index (κ3) is 21.5. The van der Waals surface area contributed by atoms with Gasteiger partial charge in [0.15, 0.2) is 0 Å². The molecule has 0 saturated heterocycles. The van der Waals surface area contributed by atoms with Crippen molar-refractivity contribution in [3.63, 3.8) is 0 Å². The van der Waals surface area contributed by atoms with E-state index in [1.165, 1.54) is 0 Å². The van der Waals surface area contributed by atoms with E-state index in [0.717, 1.165) is 25.9 Å². The minimum Gasteiger partial charge on any atom is -0.665 e. The van der Waals surface area contributed by atoms with Gasteiger partial charge in [-0.15, -0.1) is 0 Å². The van der Waals surface area contributed by atoms with Gasteiger partial charge in [-0.05, 0) is 18.8 Å². The molecule has 0 aliphatic heterocycles. The molecule has 0 aromatic rings. The second kappa shape index (κ2) is 22.4. The zero-order valence-electron chi connectivity index (χ0n) is 12.3. The van der Waals surface area contributed by atoms with Crippen molar-refractivity contribution in [3.05, 3.63) is 34.9 Å². The minimum atomic E-state index is 0. The monoisotopic (exact) mass is 330 g/mol. The molecule has 0 heterocycles. The van der Waals surface area contributed by atoms with Gasteiger partial charge < -0.3 is 15.7 Å². The molecular formula is C14H28N2OZr. The molecule has 1 aliphatic carbocycles. The summed E-state index contributed by atoms with van der Waals surface area (Å²) < 4.78 is 0. The Balaban J connectivity index is -0.000000214. The van der Waals surface area contributed by atoms with E-state index in [2.05, 4.69) is 34.9 Å². The van der Waals surface area contributed by atoms with Crippen molar-refractivity contribution in [2.24, 2.45) is 5.92 Å². The Morgan fingerprint density at radius 1 is 1.00 bits per heavy atom. The first-order valence-electron chi connectivity index (χ1n) is 6.33. The minimum absolute atomic E-state index is 0. The fraction of sp³-hybridized carbons (Fsp3) is 0.714. The molecule has 4 heteroatoms. The van der Waals surface area contributed by atoms with Gasteiger partial charge in [0.05, 0.1) is 0 Å². The number of aliphatic hydroxyl groups is 1. The Hall–Kier alpha value is 0.243. The fourth-order valence-corrected chi connectivity index (χ4v) is 0.997. The van der Waals surface area contributed by atoms with Crippen molar-refractivity contribution in [2.45, 2.75) is 26.7 Å². The molecule has 0 fully saturated rings. The molecule has 1 aliphatic rings. The molecule has 0 spiro atoms. The smallest absolute Gasteiger partial charge is 0.665 e. The molecule has 1 N–H and O–H groups in total. The van der Waals surface area contributed by atoms with Crippen LogP contribution in [0.15, 0.2) is 24.3 Å². The summed E-state index contributed by atoms with van der Waals surface area (Å²) >= 11 is 0. The maximum atomic E-state index is 8.48. The summed E-state index contributed by atoms with van der Waals surface area (Å²) in [7, 11) is 3.61. The van der Waals surface area contributed by atoms with Gasteiger partial charge in [-0.25, -0.2) is 0 Å². The third-order valence-electron chi connectivity index (χ3n) is 2.16. The van der Waals surface area contributed by atoms with Crippen molar-refractivity contribution >= 4 is 0 Å². The van der Waals surface area contributed by atoms with Crippen LogP contribution >= 0.6 is 0 Å². The standard InChI is InChI=1S/C8H12O.2C3H8N.Zr/c9-7-3-6-8-4-1-2-5-8;2*1-3-4-2;/h1-2,4-5,8-9H,3,6-7H2;2*3H2,1-2H3;/q;2*-1;+2. The molecule has 0 atom stereocenters. The van der Waals surface area contributed by atoms with Crippen LogP contribution in [-0.4, -0.2) is 38.9 Å². The molecule has 3 nitrogen and oxygen atoms in total. The summed E-state index contributed by atoms with van der Waals surface area (Å²) in [5.74, 6) is 0.595. The molecule has 104 valence electrons. The van der Waals surface area contributed by atoms with Crippen LogP contribution in [0.5, 0.6) is 0 Å². The Kier molecular flexibility index (Phi) is 29.1. The second-order valence-electron chi connectivity index (χ2n) is 3.56. The molecule has 0 amide bonds. The van der Waals surface area contributed by atoms with Gasteiger partial charge >= 0.3 is 26.2 Å². The Morgan fingerprint density at radius 3 is 1.67 bits per heavy atom. The molecule has 0 radical (unpaired) electrons. The largest absolute Gasteiger partial charge is 2.00 e. The predicted octanol–water partition coefficient (Wildman–Crippen LogP) is 3.52. The van der Waals surface area contributed by atoms with Crippen LogP contribution in [-0.2, 0) is 26.2 Å². The van der Waals surface area contributed by atoms with Gasteiger partial charge in [-0.2, -0.15) is 27.2 Å². The van der Waals surface area contributed by atoms with E-state index < -0.39 is 0 Å². The van der Waals surface area contributed by atoms with Gasteiger partial charge in [0.25, 0.3) is 0 Å². The SMILES string of the molecule is CC[N-]C.CC[N-]C.OCCCC1C=CC=C1.[Zr+2]. The molecular weight excluding hydrogens is 303 g/mol.